The maximum absolute atomic E-state index is 4.33. The molecule has 0 spiro atoms. The second kappa shape index (κ2) is 12.3. The molecular formula is C20H31IN4S. The van der Waals surface area contributed by atoms with E-state index in [1.54, 1.807) is 0 Å². The zero-order chi connectivity index (χ0) is 18.1. The molecule has 0 aliphatic rings. The normalized spacial score (nSPS) is 12.6. The largest absolute Gasteiger partial charge is 0.356 e. The molecule has 6 heteroatoms. The van der Waals surface area contributed by atoms with Crippen LogP contribution in [0, 0.1) is 5.92 Å². The minimum atomic E-state index is 0. The molecule has 1 heterocycles. The molecule has 144 valence electrons. The standard InChI is InChI=1S/C20H30N4S.HI/c1-16(11-19-9-6-10-25-19)13-22-20(21-2)23-14-17-7-5-8-18(12-17)15-24(3)4;/h5-10,12,16H,11,13-15H2,1-4H3,(H2,21,22,23);1H. The minimum absolute atomic E-state index is 0. The van der Waals surface area contributed by atoms with Crippen LogP contribution in [0.5, 0.6) is 0 Å². The van der Waals surface area contributed by atoms with Gasteiger partial charge in [-0.1, -0.05) is 37.3 Å². The van der Waals surface area contributed by atoms with Gasteiger partial charge in [0.2, 0.25) is 0 Å². The first kappa shape index (κ1) is 22.9. The van der Waals surface area contributed by atoms with Crippen LogP contribution in [0.15, 0.2) is 46.8 Å². The van der Waals surface area contributed by atoms with Gasteiger partial charge in [-0.25, -0.2) is 0 Å². The van der Waals surface area contributed by atoms with Crippen molar-refractivity contribution in [3.05, 3.63) is 57.8 Å². The highest BCUT2D eigenvalue weighted by Gasteiger charge is 2.06. The Labute approximate surface area is 179 Å². The first-order chi connectivity index (χ1) is 12.1. The zero-order valence-corrected chi connectivity index (χ0v) is 19.3. The summed E-state index contributed by atoms with van der Waals surface area (Å²) in [5, 5.41) is 8.98. The van der Waals surface area contributed by atoms with E-state index in [1.807, 2.05) is 18.4 Å². The summed E-state index contributed by atoms with van der Waals surface area (Å²) in [6.07, 6.45) is 1.11. The van der Waals surface area contributed by atoms with Crippen LogP contribution in [0.2, 0.25) is 0 Å². The van der Waals surface area contributed by atoms with Gasteiger partial charge in [-0.15, -0.1) is 35.3 Å². The number of hydrogen-bond donors (Lipinski definition) is 2. The number of benzene rings is 1. The Balaban J connectivity index is 0.00000338. The number of rotatable bonds is 8. The molecule has 2 N–H and O–H groups in total. The van der Waals surface area contributed by atoms with Crippen LogP contribution >= 0.6 is 35.3 Å². The van der Waals surface area contributed by atoms with Crippen molar-refractivity contribution in [2.24, 2.45) is 10.9 Å². The third kappa shape index (κ3) is 8.51. The monoisotopic (exact) mass is 486 g/mol. The van der Waals surface area contributed by atoms with Gasteiger partial charge in [-0.05, 0) is 49.0 Å². The van der Waals surface area contributed by atoms with Crippen molar-refractivity contribution in [1.82, 2.24) is 15.5 Å². The minimum Gasteiger partial charge on any atom is -0.356 e. The third-order valence-electron chi connectivity index (χ3n) is 3.92. The highest BCUT2D eigenvalue weighted by atomic mass is 127. The molecule has 2 rings (SSSR count). The molecular weight excluding hydrogens is 455 g/mol. The molecule has 1 unspecified atom stereocenters. The molecule has 0 radical (unpaired) electrons. The Morgan fingerprint density at radius 2 is 1.92 bits per heavy atom. The van der Waals surface area contributed by atoms with Crippen LogP contribution in [0.3, 0.4) is 0 Å². The first-order valence-electron chi connectivity index (χ1n) is 8.76. The third-order valence-corrected chi connectivity index (χ3v) is 4.82. The van der Waals surface area contributed by atoms with Crippen molar-refractivity contribution in [3.8, 4) is 0 Å². The van der Waals surface area contributed by atoms with Gasteiger partial charge < -0.3 is 15.5 Å². The Kier molecular flexibility index (Phi) is 10.8. The van der Waals surface area contributed by atoms with Gasteiger partial charge in [0.1, 0.15) is 0 Å². The Morgan fingerprint density at radius 1 is 1.15 bits per heavy atom. The van der Waals surface area contributed by atoms with Gasteiger partial charge in [0.15, 0.2) is 5.96 Å². The number of thiophene rings is 1. The van der Waals surface area contributed by atoms with E-state index in [4.69, 9.17) is 0 Å². The second-order valence-corrected chi connectivity index (χ2v) is 7.79. The number of nitrogens with one attached hydrogen (secondary N) is 2. The Hall–Kier alpha value is -1.12. The molecule has 26 heavy (non-hydrogen) atoms. The van der Waals surface area contributed by atoms with Gasteiger partial charge in [0.05, 0.1) is 0 Å². The van der Waals surface area contributed by atoms with Crippen LogP contribution < -0.4 is 10.6 Å². The van der Waals surface area contributed by atoms with Crippen LogP contribution in [-0.4, -0.2) is 38.5 Å². The summed E-state index contributed by atoms with van der Waals surface area (Å²) in [4.78, 5) is 7.95. The van der Waals surface area contributed by atoms with Gasteiger partial charge >= 0.3 is 0 Å². The van der Waals surface area contributed by atoms with Crippen LogP contribution in [0.25, 0.3) is 0 Å². The van der Waals surface area contributed by atoms with E-state index in [-0.39, 0.29) is 24.0 Å². The average molecular weight is 486 g/mol. The molecule has 4 nitrogen and oxygen atoms in total. The molecule has 0 bridgehead atoms. The molecule has 0 saturated carbocycles. The van der Waals surface area contributed by atoms with Gasteiger partial charge in [0.25, 0.3) is 0 Å². The van der Waals surface area contributed by atoms with E-state index < -0.39 is 0 Å². The van der Waals surface area contributed by atoms with E-state index in [9.17, 15) is 0 Å². The highest BCUT2D eigenvalue weighted by Crippen LogP contribution is 2.13. The van der Waals surface area contributed by atoms with E-state index >= 15 is 0 Å². The molecule has 0 aliphatic heterocycles. The van der Waals surface area contributed by atoms with Crippen molar-refractivity contribution in [1.29, 1.82) is 0 Å². The predicted molar refractivity (Wildman–Crippen MR) is 125 cm³/mol. The summed E-state index contributed by atoms with van der Waals surface area (Å²) in [7, 11) is 6.00. The van der Waals surface area contributed by atoms with Crippen molar-refractivity contribution >= 4 is 41.3 Å². The summed E-state index contributed by atoms with van der Waals surface area (Å²) in [6.45, 7) is 4.92. The number of guanidine groups is 1. The molecule has 0 amide bonds. The lowest BCUT2D eigenvalue weighted by Gasteiger charge is -2.16. The SMILES string of the molecule is CN=C(NCc1cccc(CN(C)C)c1)NCC(C)Cc1cccs1.I. The number of hydrogen-bond acceptors (Lipinski definition) is 3. The van der Waals surface area contributed by atoms with Crippen molar-refractivity contribution < 1.29 is 0 Å². The van der Waals surface area contributed by atoms with E-state index in [2.05, 4.69) is 83.3 Å². The summed E-state index contributed by atoms with van der Waals surface area (Å²) >= 11 is 1.83. The smallest absolute Gasteiger partial charge is 0.191 e. The molecule has 1 aromatic heterocycles. The quantitative estimate of drug-likeness (QED) is 0.337. The van der Waals surface area contributed by atoms with E-state index in [0.29, 0.717) is 5.92 Å². The summed E-state index contributed by atoms with van der Waals surface area (Å²) in [5.74, 6) is 1.43. The maximum Gasteiger partial charge on any atom is 0.191 e. The Morgan fingerprint density at radius 3 is 2.58 bits per heavy atom. The van der Waals surface area contributed by atoms with E-state index in [0.717, 1.165) is 32.0 Å². The maximum atomic E-state index is 4.33. The lowest BCUT2D eigenvalue weighted by molar-refractivity contribution is 0.402. The summed E-state index contributed by atoms with van der Waals surface area (Å²) in [5.41, 5.74) is 2.60. The molecule has 1 aromatic carbocycles. The van der Waals surface area contributed by atoms with E-state index in [1.165, 1.54) is 16.0 Å². The van der Waals surface area contributed by atoms with Gasteiger partial charge in [-0.3, -0.25) is 4.99 Å². The molecule has 2 aromatic rings. The van der Waals surface area contributed by atoms with Gasteiger partial charge in [-0.2, -0.15) is 0 Å². The number of halogens is 1. The van der Waals surface area contributed by atoms with Crippen LogP contribution in [0.1, 0.15) is 22.9 Å². The zero-order valence-electron chi connectivity index (χ0n) is 16.2. The first-order valence-corrected chi connectivity index (χ1v) is 9.64. The van der Waals surface area contributed by atoms with Crippen molar-refractivity contribution in [3.63, 3.8) is 0 Å². The molecule has 0 saturated heterocycles. The highest BCUT2D eigenvalue weighted by molar-refractivity contribution is 14.0. The summed E-state index contributed by atoms with van der Waals surface area (Å²) in [6, 6.07) is 13.0. The number of aliphatic imine (C=N–C) groups is 1. The fourth-order valence-corrected chi connectivity index (χ4v) is 3.59. The molecule has 0 aliphatic carbocycles. The molecule has 0 fully saturated rings. The van der Waals surface area contributed by atoms with Crippen LogP contribution in [0.4, 0.5) is 0 Å². The van der Waals surface area contributed by atoms with Crippen molar-refractivity contribution in [2.45, 2.75) is 26.4 Å². The number of nitrogens with zero attached hydrogens (tertiary/aromatic N) is 2. The van der Waals surface area contributed by atoms with Crippen LogP contribution in [-0.2, 0) is 19.5 Å². The lowest BCUT2D eigenvalue weighted by Crippen LogP contribution is -2.39. The second-order valence-electron chi connectivity index (χ2n) is 6.75. The average Bonchev–Trinajstić information content (AvgIpc) is 3.07. The Bertz CT molecular complexity index is 656. The topological polar surface area (TPSA) is 39.7 Å². The predicted octanol–water partition coefficient (Wildman–Crippen LogP) is 3.97. The van der Waals surface area contributed by atoms with Crippen molar-refractivity contribution in [2.75, 3.05) is 27.7 Å². The molecule has 1 atom stereocenters. The fourth-order valence-electron chi connectivity index (χ4n) is 2.72. The fraction of sp³-hybridized carbons (Fsp3) is 0.450. The summed E-state index contributed by atoms with van der Waals surface area (Å²) < 4.78 is 0. The lowest BCUT2D eigenvalue weighted by atomic mass is 10.1. The van der Waals surface area contributed by atoms with Gasteiger partial charge in [0, 0.05) is 31.6 Å².